The standard InChI is InChI=1S/C15H24N2O17P2.Na/c18-3-5-8(20)10(22)12(24)14(32-5)33-36(28,29)34-35(26,27)30-4-6-9(21)11(23)13(31-6)17-2-1-7(19)16-15(17)25;/h1-2,5-6,8-14,18,20-24H,3-4H2,(H,26,27)(H,28,29)(H,16,19,25);/q;+1/p-2. The van der Waals surface area contributed by atoms with Gasteiger partial charge in [0.2, 0.25) is 0 Å². The molecule has 0 saturated carbocycles. The molecule has 19 nitrogen and oxygen atoms in total. The SMILES string of the molecule is O=c1ccn(C2OC(COP(=O)([O-])OP(=O)([O-])OC3OC(CO)C(O)C(O)C3O)C(O)C2O)c(=O)[nH]1.[Na+]. The summed E-state index contributed by atoms with van der Waals surface area (Å²) in [6.07, 6.45) is -15.8. The van der Waals surface area contributed by atoms with Crippen LogP contribution in [-0.2, 0) is 32.0 Å². The van der Waals surface area contributed by atoms with Crippen LogP contribution in [0.5, 0.6) is 0 Å². The summed E-state index contributed by atoms with van der Waals surface area (Å²) in [5, 5.41) is 58.4. The number of nitrogens with zero attached hydrogens (tertiary/aromatic N) is 1. The minimum absolute atomic E-state index is 0. The van der Waals surface area contributed by atoms with E-state index in [0.717, 1.165) is 12.3 Å². The van der Waals surface area contributed by atoms with Crippen LogP contribution in [-0.4, -0.2) is 102 Å². The minimum atomic E-state index is -5.90. The van der Waals surface area contributed by atoms with Crippen molar-refractivity contribution in [3.05, 3.63) is 33.1 Å². The van der Waals surface area contributed by atoms with Gasteiger partial charge >= 0.3 is 35.2 Å². The zero-order chi connectivity index (χ0) is 27.0. The maximum atomic E-state index is 12.0. The molecular weight excluding hydrogens is 565 g/mol. The van der Waals surface area contributed by atoms with Crippen LogP contribution in [0.15, 0.2) is 21.9 Å². The first-order chi connectivity index (χ1) is 16.7. The number of aromatic nitrogens is 2. The van der Waals surface area contributed by atoms with Gasteiger partial charge in [0, 0.05) is 12.3 Å². The van der Waals surface area contributed by atoms with Gasteiger partial charge in [0.25, 0.3) is 21.2 Å². The van der Waals surface area contributed by atoms with Crippen molar-refractivity contribution in [2.24, 2.45) is 0 Å². The van der Waals surface area contributed by atoms with Crippen molar-refractivity contribution in [1.29, 1.82) is 0 Å². The molecule has 11 atom stereocenters. The Balaban J connectivity index is 0.00000481. The van der Waals surface area contributed by atoms with E-state index < -0.39 is 95.4 Å². The molecule has 11 unspecified atom stereocenters. The molecule has 3 rings (SSSR count). The second kappa shape index (κ2) is 12.9. The zero-order valence-corrected chi connectivity index (χ0v) is 22.6. The number of nitrogens with one attached hydrogen (secondary N) is 1. The van der Waals surface area contributed by atoms with Crippen LogP contribution >= 0.6 is 15.6 Å². The maximum absolute atomic E-state index is 12.0. The van der Waals surface area contributed by atoms with E-state index in [1.54, 1.807) is 0 Å². The number of phosphoric ester groups is 2. The fraction of sp³-hybridized carbons (Fsp3) is 0.733. The number of rotatable bonds is 9. The number of ether oxygens (including phenoxy) is 2. The molecule has 2 aliphatic rings. The topological polar surface area (TPSA) is 303 Å². The summed E-state index contributed by atoms with van der Waals surface area (Å²) in [4.78, 5) is 48.9. The Kier molecular flexibility index (Phi) is 11.4. The molecule has 3 heterocycles. The fourth-order valence-electron chi connectivity index (χ4n) is 3.34. The van der Waals surface area contributed by atoms with Crippen LogP contribution < -0.4 is 50.6 Å². The van der Waals surface area contributed by atoms with Crippen molar-refractivity contribution in [2.45, 2.75) is 55.2 Å². The van der Waals surface area contributed by atoms with Crippen LogP contribution in [0.2, 0.25) is 0 Å². The molecule has 0 aliphatic carbocycles. The molecule has 2 saturated heterocycles. The number of H-pyrrole nitrogens is 1. The number of hydrogen-bond acceptors (Lipinski definition) is 17. The molecule has 2 aliphatic heterocycles. The molecule has 0 bridgehead atoms. The number of aliphatic hydroxyl groups is 6. The van der Waals surface area contributed by atoms with E-state index in [0.29, 0.717) is 4.57 Å². The van der Waals surface area contributed by atoms with Gasteiger partial charge in [-0.25, -0.2) is 9.11 Å². The van der Waals surface area contributed by atoms with E-state index in [1.165, 1.54) is 0 Å². The van der Waals surface area contributed by atoms with Crippen molar-refractivity contribution in [3.8, 4) is 0 Å². The van der Waals surface area contributed by atoms with Gasteiger partial charge in [-0.2, -0.15) is 0 Å². The summed E-state index contributed by atoms with van der Waals surface area (Å²) in [5.74, 6) is 0. The van der Waals surface area contributed by atoms with Gasteiger partial charge in [-0.3, -0.25) is 28.0 Å². The summed E-state index contributed by atoms with van der Waals surface area (Å²) >= 11 is 0. The van der Waals surface area contributed by atoms with Crippen LogP contribution in [0.4, 0.5) is 0 Å². The number of hydrogen-bond donors (Lipinski definition) is 7. The third kappa shape index (κ3) is 7.85. The molecule has 0 amide bonds. The van der Waals surface area contributed by atoms with Crippen LogP contribution in [0, 0.1) is 0 Å². The average Bonchev–Trinajstić information content (AvgIpc) is 3.06. The monoisotopic (exact) mass is 587 g/mol. The predicted molar refractivity (Wildman–Crippen MR) is 104 cm³/mol. The van der Waals surface area contributed by atoms with Gasteiger partial charge < -0.3 is 54.4 Å². The maximum Gasteiger partial charge on any atom is 1.00 e. The van der Waals surface area contributed by atoms with Crippen molar-refractivity contribution in [1.82, 2.24) is 9.55 Å². The first-order valence-electron chi connectivity index (χ1n) is 9.96. The summed E-state index contributed by atoms with van der Waals surface area (Å²) < 4.78 is 47.1. The summed E-state index contributed by atoms with van der Waals surface area (Å²) in [7, 11) is -11.7. The summed E-state index contributed by atoms with van der Waals surface area (Å²) in [5.41, 5.74) is -1.78. The normalized spacial score (nSPS) is 37.4. The molecule has 1 aromatic rings. The minimum Gasteiger partial charge on any atom is -0.756 e. The van der Waals surface area contributed by atoms with Gasteiger partial charge in [-0.15, -0.1) is 0 Å². The molecule has 37 heavy (non-hydrogen) atoms. The van der Waals surface area contributed by atoms with Crippen molar-refractivity contribution in [2.75, 3.05) is 13.2 Å². The van der Waals surface area contributed by atoms with Gasteiger partial charge in [0.05, 0.1) is 13.2 Å². The Morgan fingerprint density at radius 2 is 1.57 bits per heavy atom. The van der Waals surface area contributed by atoms with E-state index in [-0.39, 0.29) is 29.6 Å². The van der Waals surface area contributed by atoms with Crippen LogP contribution in [0.3, 0.4) is 0 Å². The van der Waals surface area contributed by atoms with E-state index >= 15 is 0 Å². The smallest absolute Gasteiger partial charge is 0.756 e. The van der Waals surface area contributed by atoms with E-state index in [9.17, 15) is 54.0 Å². The zero-order valence-electron chi connectivity index (χ0n) is 18.8. The molecule has 1 aromatic heterocycles. The largest absolute Gasteiger partial charge is 1.00 e. The van der Waals surface area contributed by atoms with Gasteiger partial charge in [-0.1, -0.05) is 0 Å². The summed E-state index contributed by atoms with van der Waals surface area (Å²) in [6.45, 7) is -2.05. The Morgan fingerprint density at radius 3 is 2.16 bits per heavy atom. The molecule has 0 spiro atoms. The van der Waals surface area contributed by atoms with E-state index in [4.69, 9.17) is 14.6 Å². The van der Waals surface area contributed by atoms with Crippen molar-refractivity contribution < 1.29 is 102 Å². The number of aliphatic hydroxyl groups excluding tert-OH is 6. The van der Waals surface area contributed by atoms with Crippen LogP contribution in [0.25, 0.3) is 0 Å². The molecule has 206 valence electrons. The molecule has 7 N–H and O–H groups in total. The number of phosphoric acid groups is 2. The molecule has 2 fully saturated rings. The Labute approximate surface area is 228 Å². The fourth-order valence-corrected chi connectivity index (χ4v) is 5.42. The van der Waals surface area contributed by atoms with Gasteiger partial charge in [0.1, 0.15) is 42.7 Å². The Morgan fingerprint density at radius 1 is 0.946 bits per heavy atom. The first-order valence-corrected chi connectivity index (χ1v) is 12.9. The Bertz CT molecular complexity index is 1130. The predicted octanol–water partition coefficient (Wildman–Crippen LogP) is -9.05. The third-order valence-corrected chi connectivity index (χ3v) is 7.67. The van der Waals surface area contributed by atoms with E-state index in [1.807, 2.05) is 4.98 Å². The van der Waals surface area contributed by atoms with Gasteiger partial charge in [0.15, 0.2) is 12.5 Å². The Hall–Kier alpha value is -0.380. The number of aromatic amines is 1. The molecular formula is C15H22N2NaO17P2-. The third-order valence-electron chi connectivity index (χ3n) is 5.14. The van der Waals surface area contributed by atoms with Crippen LogP contribution in [0.1, 0.15) is 6.23 Å². The van der Waals surface area contributed by atoms with Gasteiger partial charge in [-0.05, 0) is 0 Å². The molecule has 0 aromatic carbocycles. The van der Waals surface area contributed by atoms with E-state index in [2.05, 4.69) is 13.4 Å². The van der Waals surface area contributed by atoms with Crippen molar-refractivity contribution in [3.63, 3.8) is 0 Å². The summed E-state index contributed by atoms with van der Waals surface area (Å²) in [6, 6.07) is 0.911. The van der Waals surface area contributed by atoms with Crippen molar-refractivity contribution >= 4 is 15.6 Å². The second-order valence-corrected chi connectivity index (χ2v) is 10.5. The first kappa shape index (κ1) is 32.8. The second-order valence-electron chi connectivity index (χ2n) is 7.64. The molecule has 22 heteroatoms. The quantitative estimate of drug-likeness (QED) is 0.104. The molecule has 0 radical (unpaired) electrons. The average molecular weight is 587 g/mol.